The van der Waals surface area contributed by atoms with Crippen molar-refractivity contribution in [2.45, 2.75) is 6.54 Å². The molecule has 0 fully saturated rings. The van der Waals surface area contributed by atoms with Gasteiger partial charge >= 0.3 is 6.09 Å². The van der Waals surface area contributed by atoms with Crippen molar-refractivity contribution in [3.8, 4) is 0 Å². The summed E-state index contributed by atoms with van der Waals surface area (Å²) in [5.41, 5.74) is 2.70. The van der Waals surface area contributed by atoms with Crippen LogP contribution in [0.25, 0.3) is 12.2 Å². The molecule has 1 heterocycles. The van der Waals surface area contributed by atoms with Gasteiger partial charge in [-0.15, -0.1) is 0 Å². The molecule has 0 saturated carbocycles. The third-order valence-corrected chi connectivity index (χ3v) is 2.82. The zero-order valence-corrected chi connectivity index (χ0v) is 11.3. The molecule has 20 heavy (non-hydrogen) atoms. The summed E-state index contributed by atoms with van der Waals surface area (Å²) in [7, 11) is 0. The Balaban J connectivity index is 2.01. The molecule has 0 bridgehead atoms. The summed E-state index contributed by atoms with van der Waals surface area (Å²) < 4.78 is 0. The smallest absolute Gasteiger partial charge is 0.404 e. The highest BCUT2D eigenvalue weighted by atomic mass is 35.5. The Morgan fingerprint density at radius 1 is 1.20 bits per heavy atom. The highest BCUT2D eigenvalue weighted by Gasteiger charge is 1.96. The van der Waals surface area contributed by atoms with Crippen molar-refractivity contribution >= 4 is 29.8 Å². The van der Waals surface area contributed by atoms with Crippen molar-refractivity contribution in [2.24, 2.45) is 0 Å². The van der Waals surface area contributed by atoms with E-state index in [-0.39, 0.29) is 0 Å². The van der Waals surface area contributed by atoms with Crippen LogP contribution in [0.5, 0.6) is 0 Å². The van der Waals surface area contributed by atoms with Crippen LogP contribution in [0.4, 0.5) is 4.79 Å². The molecule has 5 heteroatoms. The molecule has 0 aliphatic carbocycles. The topological polar surface area (TPSA) is 62.2 Å². The molecule has 0 aliphatic heterocycles. The van der Waals surface area contributed by atoms with Gasteiger partial charge in [-0.2, -0.15) is 0 Å². The van der Waals surface area contributed by atoms with Crippen LogP contribution in [0.15, 0.2) is 42.5 Å². The van der Waals surface area contributed by atoms with Gasteiger partial charge < -0.3 is 10.4 Å². The average Bonchev–Trinajstić information content (AvgIpc) is 2.44. The summed E-state index contributed by atoms with van der Waals surface area (Å²) in [6.07, 6.45) is 2.77. The molecule has 2 N–H and O–H groups in total. The number of benzene rings is 1. The molecular weight excluding hydrogens is 276 g/mol. The van der Waals surface area contributed by atoms with Crippen molar-refractivity contribution in [2.75, 3.05) is 0 Å². The second-order valence-electron chi connectivity index (χ2n) is 4.12. The summed E-state index contributed by atoms with van der Waals surface area (Å²) >= 11 is 5.81. The second-order valence-corrected chi connectivity index (χ2v) is 4.51. The summed E-state index contributed by atoms with van der Waals surface area (Å²) in [5.74, 6) is 0. The predicted molar refractivity (Wildman–Crippen MR) is 79.5 cm³/mol. The van der Waals surface area contributed by atoms with Crippen LogP contribution in [0.3, 0.4) is 0 Å². The largest absolute Gasteiger partial charge is 0.465 e. The van der Waals surface area contributed by atoms with Gasteiger partial charge in [0.25, 0.3) is 0 Å². The molecular formula is C15H13ClN2O2. The third-order valence-electron chi connectivity index (χ3n) is 2.61. The number of amides is 1. The number of nitrogens with zero attached hydrogens (tertiary/aromatic N) is 1. The predicted octanol–water partition coefficient (Wildman–Crippen LogP) is 3.67. The number of rotatable bonds is 4. The van der Waals surface area contributed by atoms with Crippen LogP contribution in [-0.4, -0.2) is 16.2 Å². The van der Waals surface area contributed by atoms with E-state index in [9.17, 15) is 4.79 Å². The number of hydrogen-bond donors (Lipinski definition) is 2. The first-order chi connectivity index (χ1) is 9.63. The Bertz CT molecular complexity index is 624. The highest BCUT2D eigenvalue weighted by Crippen LogP contribution is 2.10. The maximum Gasteiger partial charge on any atom is 0.404 e. The first kappa shape index (κ1) is 14.1. The first-order valence-electron chi connectivity index (χ1n) is 6.00. The zero-order chi connectivity index (χ0) is 14.4. The number of carboxylic acid groups (broad SMARTS) is 1. The van der Waals surface area contributed by atoms with Crippen molar-refractivity contribution in [3.63, 3.8) is 0 Å². The Labute approximate surface area is 121 Å². The van der Waals surface area contributed by atoms with Gasteiger partial charge in [-0.05, 0) is 29.3 Å². The molecule has 0 spiro atoms. The van der Waals surface area contributed by atoms with Gasteiger partial charge in [-0.3, -0.25) is 0 Å². The van der Waals surface area contributed by atoms with E-state index in [0.29, 0.717) is 11.7 Å². The van der Waals surface area contributed by atoms with E-state index in [0.717, 1.165) is 16.8 Å². The van der Waals surface area contributed by atoms with Gasteiger partial charge in [-0.1, -0.05) is 48.0 Å². The maximum atomic E-state index is 10.4. The lowest BCUT2D eigenvalue weighted by molar-refractivity contribution is 0.194. The molecule has 1 aromatic carbocycles. The van der Waals surface area contributed by atoms with Crippen LogP contribution in [0.2, 0.25) is 5.15 Å². The van der Waals surface area contributed by atoms with Crippen LogP contribution in [0, 0.1) is 0 Å². The number of aromatic nitrogens is 1. The molecule has 1 aromatic heterocycles. The van der Waals surface area contributed by atoms with Crippen LogP contribution in [-0.2, 0) is 6.54 Å². The summed E-state index contributed by atoms with van der Waals surface area (Å²) in [4.78, 5) is 14.5. The quantitative estimate of drug-likeness (QED) is 0.844. The third kappa shape index (κ3) is 4.40. The Morgan fingerprint density at radius 3 is 2.60 bits per heavy atom. The summed E-state index contributed by atoms with van der Waals surface area (Å²) in [5, 5.41) is 11.3. The Hall–Kier alpha value is -2.33. The van der Waals surface area contributed by atoms with E-state index in [1.807, 2.05) is 48.6 Å². The minimum absolute atomic E-state index is 0.301. The van der Waals surface area contributed by atoms with Crippen molar-refractivity contribution in [1.82, 2.24) is 10.3 Å². The number of carbonyl (C=O) groups is 1. The first-order valence-corrected chi connectivity index (χ1v) is 6.38. The van der Waals surface area contributed by atoms with E-state index >= 15 is 0 Å². The van der Waals surface area contributed by atoms with Gasteiger partial charge in [0, 0.05) is 6.54 Å². The average molecular weight is 289 g/mol. The Morgan fingerprint density at radius 2 is 1.95 bits per heavy atom. The van der Waals surface area contributed by atoms with Gasteiger partial charge in [0.1, 0.15) is 5.15 Å². The van der Waals surface area contributed by atoms with Crippen molar-refractivity contribution in [1.29, 1.82) is 0 Å². The lowest BCUT2D eigenvalue weighted by Gasteiger charge is -2.01. The van der Waals surface area contributed by atoms with Crippen LogP contribution in [0.1, 0.15) is 16.8 Å². The monoisotopic (exact) mass is 288 g/mol. The minimum atomic E-state index is -1.03. The maximum absolute atomic E-state index is 10.4. The van der Waals surface area contributed by atoms with E-state index in [2.05, 4.69) is 10.3 Å². The number of nitrogens with one attached hydrogen (secondary N) is 1. The minimum Gasteiger partial charge on any atom is -0.465 e. The molecule has 2 aromatic rings. The molecule has 0 radical (unpaired) electrons. The SMILES string of the molecule is O=C(O)NCc1ccc(C=Cc2cccc(Cl)n2)cc1. The standard InChI is InChI=1S/C15H13ClN2O2/c16-14-3-1-2-13(18-14)9-8-11-4-6-12(7-5-11)10-17-15(19)20/h1-9,17H,10H2,(H,19,20). The summed E-state index contributed by atoms with van der Waals surface area (Å²) in [6.45, 7) is 0.301. The van der Waals surface area contributed by atoms with Gasteiger partial charge in [0.15, 0.2) is 0 Å². The number of halogens is 1. The fourth-order valence-corrected chi connectivity index (χ4v) is 1.79. The lowest BCUT2D eigenvalue weighted by Crippen LogP contribution is -2.19. The van der Waals surface area contributed by atoms with E-state index in [1.165, 1.54) is 0 Å². The van der Waals surface area contributed by atoms with E-state index in [4.69, 9.17) is 16.7 Å². The molecule has 0 atom stereocenters. The zero-order valence-electron chi connectivity index (χ0n) is 10.6. The van der Waals surface area contributed by atoms with E-state index in [1.54, 1.807) is 6.07 Å². The van der Waals surface area contributed by atoms with Crippen molar-refractivity contribution in [3.05, 3.63) is 64.4 Å². The van der Waals surface area contributed by atoms with Gasteiger partial charge in [0.05, 0.1) is 5.69 Å². The molecule has 0 unspecified atom stereocenters. The number of pyridine rings is 1. The van der Waals surface area contributed by atoms with Gasteiger partial charge in [0.2, 0.25) is 0 Å². The normalized spacial score (nSPS) is 10.7. The van der Waals surface area contributed by atoms with E-state index < -0.39 is 6.09 Å². The molecule has 0 aliphatic rings. The fourth-order valence-electron chi connectivity index (χ4n) is 1.62. The Kier molecular flexibility index (Phi) is 4.74. The molecule has 4 nitrogen and oxygen atoms in total. The molecule has 2 rings (SSSR count). The summed E-state index contributed by atoms with van der Waals surface area (Å²) in [6, 6.07) is 13.0. The molecule has 1 amide bonds. The van der Waals surface area contributed by atoms with Gasteiger partial charge in [-0.25, -0.2) is 9.78 Å². The van der Waals surface area contributed by atoms with Crippen LogP contribution >= 0.6 is 11.6 Å². The van der Waals surface area contributed by atoms with Crippen molar-refractivity contribution < 1.29 is 9.90 Å². The van der Waals surface area contributed by atoms with Crippen LogP contribution < -0.4 is 5.32 Å². The molecule has 102 valence electrons. The second kappa shape index (κ2) is 6.73. The number of hydrogen-bond acceptors (Lipinski definition) is 2. The fraction of sp³-hybridized carbons (Fsp3) is 0.0667. The molecule has 0 saturated heterocycles. The highest BCUT2D eigenvalue weighted by molar-refractivity contribution is 6.29. The lowest BCUT2D eigenvalue weighted by atomic mass is 10.1.